The number of rotatable bonds is 7. The van der Waals surface area contributed by atoms with Gasteiger partial charge in [-0.1, -0.05) is 45.4 Å². The largest absolute Gasteiger partial charge is 0.342 e. The summed E-state index contributed by atoms with van der Waals surface area (Å²) in [5, 5.41) is 15.3. The third-order valence-corrected chi connectivity index (χ3v) is 7.13. The quantitative estimate of drug-likeness (QED) is 0.412. The van der Waals surface area contributed by atoms with Crippen molar-refractivity contribution >= 4 is 56.8 Å². The van der Waals surface area contributed by atoms with Gasteiger partial charge in [0, 0.05) is 27.8 Å². The van der Waals surface area contributed by atoms with Gasteiger partial charge >= 0.3 is 0 Å². The molecule has 0 radical (unpaired) electrons. The van der Waals surface area contributed by atoms with Crippen molar-refractivity contribution in [1.29, 1.82) is 0 Å². The number of benzene rings is 2. The van der Waals surface area contributed by atoms with E-state index in [2.05, 4.69) is 36.8 Å². The Morgan fingerprint density at radius 2 is 1.94 bits per heavy atom. The molecule has 2 aromatic carbocycles. The molecule has 0 saturated carbocycles. The van der Waals surface area contributed by atoms with Crippen LogP contribution in [0.5, 0.6) is 0 Å². The molecule has 0 saturated heterocycles. The first kappa shape index (κ1) is 24.3. The fraction of sp³-hybridized carbons (Fsp3) is 0.273. The summed E-state index contributed by atoms with van der Waals surface area (Å²) in [6.07, 6.45) is 0. The minimum Gasteiger partial charge on any atom is -0.342 e. The van der Waals surface area contributed by atoms with E-state index in [0.29, 0.717) is 21.6 Å². The molecule has 2 amide bonds. The predicted octanol–water partition coefficient (Wildman–Crippen LogP) is 5.07. The number of hydrogen-bond acceptors (Lipinski definition) is 5. The summed E-state index contributed by atoms with van der Waals surface area (Å²) >= 11 is 10.7. The third-order valence-electron chi connectivity index (χ3n) is 5.02. The molecule has 3 aromatic rings. The Morgan fingerprint density at radius 3 is 2.66 bits per heavy atom. The Hall–Kier alpha value is -2.36. The molecule has 0 aliphatic carbocycles. The number of nitrogens with one attached hydrogen (secondary N) is 2. The summed E-state index contributed by atoms with van der Waals surface area (Å²) in [6, 6.07) is 10.1. The molecule has 10 heteroatoms. The van der Waals surface area contributed by atoms with E-state index in [9.17, 15) is 9.59 Å². The van der Waals surface area contributed by atoms with Crippen LogP contribution in [0.1, 0.15) is 40.3 Å². The molecular formula is C22H23BrClN5O2S. The van der Waals surface area contributed by atoms with E-state index in [1.807, 2.05) is 32.9 Å². The van der Waals surface area contributed by atoms with E-state index >= 15 is 0 Å². The summed E-state index contributed by atoms with van der Waals surface area (Å²) in [5.74, 6) is 0.384. The molecule has 0 spiro atoms. The lowest BCUT2D eigenvalue weighted by molar-refractivity contribution is -0.113. The molecule has 2 N–H and O–H groups in total. The Morgan fingerprint density at radius 1 is 1.19 bits per heavy atom. The molecule has 7 nitrogen and oxygen atoms in total. The lowest BCUT2D eigenvalue weighted by Crippen LogP contribution is -2.28. The summed E-state index contributed by atoms with van der Waals surface area (Å²) in [5.41, 5.74) is 3.36. The predicted molar refractivity (Wildman–Crippen MR) is 131 cm³/mol. The van der Waals surface area contributed by atoms with Crippen molar-refractivity contribution in [3.63, 3.8) is 0 Å². The highest BCUT2D eigenvalue weighted by Gasteiger charge is 2.19. The van der Waals surface area contributed by atoms with Crippen LogP contribution in [0.4, 0.5) is 5.69 Å². The van der Waals surface area contributed by atoms with Gasteiger partial charge in [0.25, 0.3) is 5.91 Å². The molecule has 32 heavy (non-hydrogen) atoms. The second kappa shape index (κ2) is 10.5. The number of aromatic nitrogens is 3. The zero-order valence-corrected chi connectivity index (χ0v) is 21.2. The van der Waals surface area contributed by atoms with Crippen molar-refractivity contribution in [2.75, 3.05) is 11.1 Å². The molecular weight excluding hydrogens is 514 g/mol. The summed E-state index contributed by atoms with van der Waals surface area (Å²) < 4.78 is 2.78. The van der Waals surface area contributed by atoms with Crippen molar-refractivity contribution < 1.29 is 9.59 Å². The molecule has 0 aliphatic rings. The summed E-state index contributed by atoms with van der Waals surface area (Å²) in [6.45, 7) is 5.79. The normalized spacial score (nSPS) is 11.8. The van der Waals surface area contributed by atoms with Gasteiger partial charge in [0.15, 0.2) is 11.0 Å². The number of nitrogens with zero attached hydrogens (tertiary/aromatic N) is 3. The minimum atomic E-state index is -0.379. The highest BCUT2D eigenvalue weighted by molar-refractivity contribution is 9.10. The van der Waals surface area contributed by atoms with Crippen molar-refractivity contribution in [3.05, 3.63) is 68.4 Å². The third kappa shape index (κ3) is 5.70. The molecule has 168 valence electrons. The van der Waals surface area contributed by atoms with E-state index in [1.54, 1.807) is 35.9 Å². The minimum absolute atomic E-state index is 0.133. The second-order valence-corrected chi connectivity index (χ2v) is 9.52. The van der Waals surface area contributed by atoms with Crippen molar-refractivity contribution in [2.24, 2.45) is 7.05 Å². The van der Waals surface area contributed by atoms with Crippen LogP contribution in [-0.4, -0.2) is 32.3 Å². The number of carbonyl (C=O) groups excluding carboxylic acids is 2. The van der Waals surface area contributed by atoms with E-state index in [0.717, 1.165) is 21.3 Å². The molecule has 1 aromatic heterocycles. The standard InChI is InChI=1S/C22H23BrClN5O2S/c1-12-13(2)18(9-8-17(12)23)26-19(30)11-32-22-28-27-20(29(22)4)14(3)25-21(31)15-6-5-7-16(24)10-15/h5-10,14H,11H2,1-4H3,(H,25,31)(H,26,30)/t14-/m0/s1. The van der Waals surface area contributed by atoms with Gasteiger partial charge in [-0.15, -0.1) is 10.2 Å². The maximum atomic E-state index is 12.5. The van der Waals surface area contributed by atoms with E-state index in [4.69, 9.17) is 11.6 Å². The highest BCUT2D eigenvalue weighted by Crippen LogP contribution is 2.26. The number of hydrogen-bond donors (Lipinski definition) is 2. The molecule has 0 unspecified atom stereocenters. The van der Waals surface area contributed by atoms with E-state index in [1.165, 1.54) is 11.8 Å². The lowest BCUT2D eigenvalue weighted by atomic mass is 10.1. The molecule has 3 rings (SSSR count). The van der Waals surface area contributed by atoms with Crippen LogP contribution in [0.3, 0.4) is 0 Å². The van der Waals surface area contributed by atoms with E-state index in [-0.39, 0.29) is 23.6 Å². The zero-order chi connectivity index (χ0) is 23.4. The monoisotopic (exact) mass is 535 g/mol. The van der Waals surface area contributed by atoms with Gasteiger partial charge < -0.3 is 15.2 Å². The maximum absolute atomic E-state index is 12.5. The van der Waals surface area contributed by atoms with Crippen molar-refractivity contribution in [2.45, 2.75) is 32.0 Å². The number of carbonyl (C=O) groups is 2. The van der Waals surface area contributed by atoms with Crippen molar-refractivity contribution in [3.8, 4) is 0 Å². The van der Waals surface area contributed by atoms with Gasteiger partial charge in [-0.05, 0) is 62.2 Å². The molecule has 0 aliphatic heterocycles. The maximum Gasteiger partial charge on any atom is 0.251 e. The first-order valence-corrected chi connectivity index (χ1v) is 12.0. The first-order chi connectivity index (χ1) is 15.2. The Bertz CT molecular complexity index is 1170. The van der Waals surface area contributed by atoms with Crippen LogP contribution >= 0.6 is 39.3 Å². The fourth-order valence-corrected chi connectivity index (χ4v) is 4.38. The van der Waals surface area contributed by atoms with Gasteiger partial charge in [-0.3, -0.25) is 9.59 Å². The zero-order valence-electron chi connectivity index (χ0n) is 18.1. The van der Waals surface area contributed by atoms with Gasteiger partial charge in [0.05, 0.1) is 11.8 Å². The number of amides is 2. The summed E-state index contributed by atoms with van der Waals surface area (Å²) in [4.78, 5) is 24.9. The Kier molecular flexibility index (Phi) is 7.97. The van der Waals surface area contributed by atoms with Crippen LogP contribution in [-0.2, 0) is 11.8 Å². The van der Waals surface area contributed by atoms with Crippen LogP contribution in [0.2, 0.25) is 5.02 Å². The average Bonchev–Trinajstić information content (AvgIpc) is 3.13. The van der Waals surface area contributed by atoms with Gasteiger partial charge in [0.2, 0.25) is 5.91 Å². The number of halogens is 2. The number of anilines is 1. The van der Waals surface area contributed by atoms with Crippen LogP contribution < -0.4 is 10.6 Å². The fourth-order valence-electron chi connectivity index (χ4n) is 3.04. The molecule has 0 bridgehead atoms. The summed E-state index contributed by atoms with van der Waals surface area (Å²) in [7, 11) is 1.81. The van der Waals surface area contributed by atoms with Crippen LogP contribution in [0.25, 0.3) is 0 Å². The second-order valence-electron chi connectivity index (χ2n) is 7.29. The van der Waals surface area contributed by atoms with Gasteiger partial charge in [-0.25, -0.2) is 0 Å². The Balaban J connectivity index is 1.60. The van der Waals surface area contributed by atoms with Crippen LogP contribution in [0.15, 0.2) is 46.0 Å². The average molecular weight is 537 g/mol. The number of thioether (sulfide) groups is 1. The highest BCUT2D eigenvalue weighted by atomic mass is 79.9. The van der Waals surface area contributed by atoms with Gasteiger partial charge in [-0.2, -0.15) is 0 Å². The first-order valence-electron chi connectivity index (χ1n) is 9.81. The van der Waals surface area contributed by atoms with Crippen molar-refractivity contribution in [1.82, 2.24) is 20.1 Å². The Labute approximate surface area is 204 Å². The van der Waals surface area contributed by atoms with Crippen LogP contribution in [0, 0.1) is 13.8 Å². The SMILES string of the molecule is Cc1c(Br)ccc(NC(=O)CSc2nnc([C@H](C)NC(=O)c3cccc(Cl)c3)n2C)c1C. The van der Waals surface area contributed by atoms with E-state index < -0.39 is 0 Å². The van der Waals surface area contributed by atoms with Gasteiger partial charge in [0.1, 0.15) is 0 Å². The molecule has 1 atom stereocenters. The smallest absolute Gasteiger partial charge is 0.251 e. The molecule has 0 fully saturated rings. The lowest BCUT2D eigenvalue weighted by Gasteiger charge is -2.14. The topological polar surface area (TPSA) is 88.9 Å². The molecule has 1 heterocycles.